The van der Waals surface area contributed by atoms with Crippen LogP contribution in [-0.2, 0) is 11.3 Å². The summed E-state index contributed by atoms with van der Waals surface area (Å²) < 4.78 is 1.02. The van der Waals surface area contributed by atoms with Crippen LogP contribution in [0.4, 0.5) is 0 Å². The van der Waals surface area contributed by atoms with E-state index in [9.17, 15) is 4.79 Å². The van der Waals surface area contributed by atoms with Gasteiger partial charge in [-0.1, -0.05) is 35.0 Å². The van der Waals surface area contributed by atoms with Gasteiger partial charge in [0.2, 0.25) is 5.91 Å². The molecule has 1 aromatic carbocycles. The minimum atomic E-state index is -0.0767. The van der Waals surface area contributed by atoms with Gasteiger partial charge in [0, 0.05) is 23.5 Å². The molecule has 1 unspecified atom stereocenters. The first-order chi connectivity index (χ1) is 7.67. The lowest BCUT2D eigenvalue weighted by Gasteiger charge is -2.12. The summed E-state index contributed by atoms with van der Waals surface area (Å²) >= 11 is 3.39. The molecule has 0 fully saturated rings. The highest BCUT2D eigenvalue weighted by Gasteiger charge is 2.13. The SMILES string of the molecule is CCC(CN)C(=O)NCc1cccc(Br)c1. The predicted molar refractivity (Wildman–Crippen MR) is 68.8 cm³/mol. The van der Waals surface area contributed by atoms with Gasteiger partial charge in [0.25, 0.3) is 0 Å². The molecule has 1 amide bonds. The number of hydrogen-bond donors (Lipinski definition) is 2. The van der Waals surface area contributed by atoms with E-state index in [1.807, 2.05) is 31.2 Å². The summed E-state index contributed by atoms with van der Waals surface area (Å²) in [7, 11) is 0. The molecular formula is C12H17BrN2O. The van der Waals surface area contributed by atoms with E-state index < -0.39 is 0 Å². The largest absolute Gasteiger partial charge is 0.352 e. The van der Waals surface area contributed by atoms with Gasteiger partial charge in [-0.3, -0.25) is 4.79 Å². The number of hydrogen-bond acceptors (Lipinski definition) is 2. The zero-order valence-corrected chi connectivity index (χ0v) is 11.0. The molecule has 0 saturated carbocycles. The third-order valence-corrected chi connectivity index (χ3v) is 3.00. The van der Waals surface area contributed by atoms with E-state index in [1.165, 1.54) is 0 Å². The molecule has 1 aromatic rings. The van der Waals surface area contributed by atoms with Crippen LogP contribution in [0.3, 0.4) is 0 Å². The lowest BCUT2D eigenvalue weighted by Crippen LogP contribution is -2.34. The van der Waals surface area contributed by atoms with Crippen molar-refractivity contribution in [2.45, 2.75) is 19.9 Å². The van der Waals surface area contributed by atoms with E-state index in [0.29, 0.717) is 13.1 Å². The molecule has 1 rings (SSSR count). The summed E-state index contributed by atoms with van der Waals surface area (Å²) in [5.74, 6) is -0.0443. The second kappa shape index (κ2) is 6.66. The van der Waals surface area contributed by atoms with Gasteiger partial charge in [0.05, 0.1) is 0 Å². The number of halogens is 1. The first-order valence-electron chi connectivity index (χ1n) is 5.39. The van der Waals surface area contributed by atoms with Gasteiger partial charge in [0.1, 0.15) is 0 Å². The van der Waals surface area contributed by atoms with Crippen LogP contribution in [0.15, 0.2) is 28.7 Å². The minimum Gasteiger partial charge on any atom is -0.352 e. The predicted octanol–water partition coefficient (Wildman–Crippen LogP) is 2.05. The van der Waals surface area contributed by atoms with E-state index in [2.05, 4.69) is 21.2 Å². The summed E-state index contributed by atoms with van der Waals surface area (Å²) in [5.41, 5.74) is 6.59. The van der Waals surface area contributed by atoms with Crippen molar-refractivity contribution in [3.05, 3.63) is 34.3 Å². The van der Waals surface area contributed by atoms with Crippen molar-refractivity contribution in [1.82, 2.24) is 5.32 Å². The van der Waals surface area contributed by atoms with E-state index in [0.717, 1.165) is 16.5 Å². The number of rotatable bonds is 5. The smallest absolute Gasteiger partial charge is 0.224 e. The summed E-state index contributed by atoms with van der Waals surface area (Å²) in [4.78, 5) is 11.7. The van der Waals surface area contributed by atoms with Crippen LogP contribution in [0.1, 0.15) is 18.9 Å². The molecule has 1 atom stereocenters. The summed E-state index contributed by atoms with van der Waals surface area (Å²) in [6.45, 7) is 2.92. The topological polar surface area (TPSA) is 55.1 Å². The van der Waals surface area contributed by atoms with Crippen LogP contribution in [0, 0.1) is 5.92 Å². The molecule has 0 radical (unpaired) electrons. The highest BCUT2D eigenvalue weighted by molar-refractivity contribution is 9.10. The Morgan fingerprint density at radius 2 is 2.31 bits per heavy atom. The molecule has 0 saturated heterocycles. The van der Waals surface area contributed by atoms with Crippen molar-refractivity contribution < 1.29 is 4.79 Å². The van der Waals surface area contributed by atoms with E-state index in [1.54, 1.807) is 0 Å². The van der Waals surface area contributed by atoms with Gasteiger partial charge in [-0.05, 0) is 24.1 Å². The molecule has 88 valence electrons. The van der Waals surface area contributed by atoms with Gasteiger partial charge in [-0.2, -0.15) is 0 Å². The first-order valence-corrected chi connectivity index (χ1v) is 6.19. The van der Waals surface area contributed by atoms with Gasteiger partial charge in [-0.25, -0.2) is 0 Å². The maximum absolute atomic E-state index is 11.7. The quantitative estimate of drug-likeness (QED) is 0.870. The number of nitrogens with one attached hydrogen (secondary N) is 1. The molecule has 0 aliphatic heterocycles. The van der Waals surface area contributed by atoms with Gasteiger partial charge >= 0.3 is 0 Å². The molecule has 4 heteroatoms. The maximum Gasteiger partial charge on any atom is 0.224 e. The fourth-order valence-electron chi connectivity index (χ4n) is 1.44. The van der Waals surface area contributed by atoms with Crippen molar-refractivity contribution in [1.29, 1.82) is 0 Å². The highest BCUT2D eigenvalue weighted by atomic mass is 79.9. The van der Waals surface area contributed by atoms with E-state index in [-0.39, 0.29) is 11.8 Å². The number of carbonyl (C=O) groups excluding carboxylic acids is 1. The normalized spacial score (nSPS) is 12.2. The maximum atomic E-state index is 11.7. The Labute approximate surface area is 105 Å². The third kappa shape index (κ3) is 3.94. The van der Waals surface area contributed by atoms with Crippen molar-refractivity contribution in [2.75, 3.05) is 6.54 Å². The summed E-state index contributed by atoms with van der Waals surface area (Å²) in [6.07, 6.45) is 0.779. The Morgan fingerprint density at radius 3 is 2.88 bits per heavy atom. The Bertz CT molecular complexity index is 351. The standard InChI is InChI=1S/C12H17BrN2O/c1-2-10(7-14)12(16)15-8-9-4-3-5-11(13)6-9/h3-6,10H,2,7-8,14H2,1H3,(H,15,16). The van der Waals surface area contributed by atoms with Crippen molar-refractivity contribution in [3.8, 4) is 0 Å². The Hall–Kier alpha value is -0.870. The summed E-state index contributed by atoms with van der Waals surface area (Å²) in [5, 5.41) is 2.89. The number of amides is 1. The second-order valence-corrected chi connectivity index (χ2v) is 4.60. The fraction of sp³-hybridized carbons (Fsp3) is 0.417. The summed E-state index contributed by atoms with van der Waals surface area (Å²) in [6, 6.07) is 7.88. The molecule has 0 aliphatic rings. The third-order valence-electron chi connectivity index (χ3n) is 2.50. The van der Waals surface area contributed by atoms with E-state index >= 15 is 0 Å². The molecule has 3 nitrogen and oxygen atoms in total. The Kier molecular flexibility index (Phi) is 5.49. The molecule has 0 aliphatic carbocycles. The van der Waals surface area contributed by atoms with Gasteiger partial charge < -0.3 is 11.1 Å². The zero-order chi connectivity index (χ0) is 12.0. The molecule has 0 bridgehead atoms. The van der Waals surface area contributed by atoms with Crippen LogP contribution in [0.25, 0.3) is 0 Å². The minimum absolute atomic E-state index is 0.0324. The van der Waals surface area contributed by atoms with E-state index in [4.69, 9.17) is 5.73 Å². The van der Waals surface area contributed by atoms with Crippen molar-refractivity contribution in [3.63, 3.8) is 0 Å². The molecule has 0 spiro atoms. The molecule has 16 heavy (non-hydrogen) atoms. The van der Waals surface area contributed by atoms with Crippen LogP contribution in [0.5, 0.6) is 0 Å². The van der Waals surface area contributed by atoms with Gasteiger partial charge in [-0.15, -0.1) is 0 Å². The van der Waals surface area contributed by atoms with Crippen LogP contribution >= 0.6 is 15.9 Å². The van der Waals surface area contributed by atoms with Crippen LogP contribution in [-0.4, -0.2) is 12.5 Å². The average molecular weight is 285 g/mol. The lowest BCUT2D eigenvalue weighted by molar-refractivity contribution is -0.124. The van der Waals surface area contributed by atoms with Gasteiger partial charge in [0.15, 0.2) is 0 Å². The average Bonchev–Trinajstić information content (AvgIpc) is 2.28. The second-order valence-electron chi connectivity index (χ2n) is 3.69. The van der Waals surface area contributed by atoms with Crippen LogP contribution < -0.4 is 11.1 Å². The monoisotopic (exact) mass is 284 g/mol. The molecule has 0 aromatic heterocycles. The Morgan fingerprint density at radius 1 is 1.56 bits per heavy atom. The van der Waals surface area contributed by atoms with Crippen molar-refractivity contribution in [2.24, 2.45) is 11.7 Å². The highest BCUT2D eigenvalue weighted by Crippen LogP contribution is 2.11. The molecule has 0 heterocycles. The number of benzene rings is 1. The first kappa shape index (κ1) is 13.2. The zero-order valence-electron chi connectivity index (χ0n) is 9.37. The fourth-order valence-corrected chi connectivity index (χ4v) is 1.89. The number of nitrogens with two attached hydrogens (primary N) is 1. The van der Waals surface area contributed by atoms with Crippen LogP contribution in [0.2, 0.25) is 0 Å². The molecule has 3 N–H and O–H groups in total. The van der Waals surface area contributed by atoms with Crippen molar-refractivity contribution >= 4 is 21.8 Å². The number of carbonyl (C=O) groups is 1. The Balaban J connectivity index is 2.48. The molecular weight excluding hydrogens is 268 g/mol. The lowest BCUT2D eigenvalue weighted by atomic mass is 10.1.